The fraction of sp³-hybridized carbons (Fsp3) is 0.550. The molecular weight excluding hydrogens is 286 g/mol. The second-order valence-corrected chi connectivity index (χ2v) is 6.86. The quantitative estimate of drug-likeness (QED) is 0.664. The molecule has 0 spiro atoms. The molecule has 1 aromatic carbocycles. The first-order valence-corrected chi connectivity index (χ1v) is 8.38. The van der Waals surface area contributed by atoms with Gasteiger partial charge in [-0.25, -0.2) is 0 Å². The maximum absolute atomic E-state index is 11.6. The van der Waals surface area contributed by atoms with Gasteiger partial charge in [0.15, 0.2) is 5.78 Å². The van der Waals surface area contributed by atoms with E-state index in [0.717, 1.165) is 18.6 Å². The molecule has 0 aliphatic heterocycles. The summed E-state index contributed by atoms with van der Waals surface area (Å²) in [6.45, 7) is 8.37. The van der Waals surface area contributed by atoms with E-state index in [0.29, 0.717) is 5.92 Å². The number of rotatable bonds is 9. The first-order chi connectivity index (χ1) is 10.8. The zero-order chi connectivity index (χ0) is 17.4. The zero-order valence-electron chi connectivity index (χ0n) is 15.4. The Hall–Kier alpha value is -1.77. The summed E-state index contributed by atoms with van der Waals surface area (Å²) < 4.78 is 5.54. The predicted octanol–water partition coefficient (Wildman–Crippen LogP) is 4.64. The summed E-state index contributed by atoms with van der Waals surface area (Å²) in [7, 11) is 4.10. The van der Waals surface area contributed by atoms with Crippen LogP contribution in [0, 0.1) is 5.92 Å². The predicted molar refractivity (Wildman–Crippen MR) is 96.9 cm³/mol. The van der Waals surface area contributed by atoms with E-state index in [1.54, 1.807) is 0 Å². The summed E-state index contributed by atoms with van der Waals surface area (Å²) in [6, 6.07) is 8.12. The highest BCUT2D eigenvalue weighted by Gasteiger charge is 2.09. The van der Waals surface area contributed by atoms with E-state index in [4.69, 9.17) is 4.74 Å². The molecule has 0 heterocycles. The van der Waals surface area contributed by atoms with Crippen LogP contribution in [0.2, 0.25) is 0 Å². The summed E-state index contributed by atoms with van der Waals surface area (Å²) in [5.74, 6) is 1.42. The van der Waals surface area contributed by atoms with E-state index in [1.165, 1.54) is 11.1 Å². The van der Waals surface area contributed by atoms with Crippen LogP contribution in [0.4, 0.5) is 0 Å². The van der Waals surface area contributed by atoms with Crippen LogP contribution in [0.5, 0.6) is 5.75 Å². The van der Waals surface area contributed by atoms with Crippen molar-refractivity contribution >= 4 is 5.78 Å². The Morgan fingerprint density at radius 2 is 1.78 bits per heavy atom. The highest BCUT2D eigenvalue weighted by Crippen LogP contribution is 2.24. The summed E-state index contributed by atoms with van der Waals surface area (Å²) >= 11 is 0. The molecule has 1 rings (SSSR count). The summed E-state index contributed by atoms with van der Waals surface area (Å²) in [5.41, 5.74) is 2.71. The number of ether oxygens (including phenoxy) is 1. The van der Waals surface area contributed by atoms with Crippen molar-refractivity contribution in [3.63, 3.8) is 0 Å². The monoisotopic (exact) mass is 317 g/mol. The molecule has 3 heteroatoms. The smallest absolute Gasteiger partial charge is 0.172 e. The van der Waals surface area contributed by atoms with Gasteiger partial charge in [0.25, 0.3) is 0 Å². The van der Waals surface area contributed by atoms with Gasteiger partial charge >= 0.3 is 0 Å². The van der Waals surface area contributed by atoms with Crippen molar-refractivity contribution in [1.29, 1.82) is 0 Å². The third-order valence-electron chi connectivity index (χ3n) is 3.92. The fourth-order valence-electron chi connectivity index (χ4n) is 2.33. The largest absolute Gasteiger partial charge is 0.486 e. The van der Waals surface area contributed by atoms with Crippen LogP contribution in [-0.2, 0) is 4.79 Å². The molecule has 0 fully saturated rings. The third kappa shape index (κ3) is 7.36. The highest BCUT2D eigenvalue weighted by molar-refractivity contribution is 5.81. The van der Waals surface area contributed by atoms with Crippen molar-refractivity contribution in [3.05, 3.63) is 41.6 Å². The van der Waals surface area contributed by atoms with Crippen LogP contribution in [0.3, 0.4) is 0 Å². The second-order valence-electron chi connectivity index (χ2n) is 6.86. The van der Waals surface area contributed by atoms with Crippen LogP contribution in [0.15, 0.2) is 36.0 Å². The number of ketones is 1. The van der Waals surface area contributed by atoms with Gasteiger partial charge < -0.3 is 9.64 Å². The number of nitrogens with zero attached hydrogens (tertiary/aromatic N) is 1. The van der Waals surface area contributed by atoms with Gasteiger partial charge in [-0.2, -0.15) is 0 Å². The number of Topliss-reactive ketones (excluding diaryl/α,β-unsaturated/α-hetero) is 1. The molecule has 23 heavy (non-hydrogen) atoms. The van der Waals surface area contributed by atoms with Gasteiger partial charge in [-0.3, -0.25) is 4.79 Å². The number of hydrogen-bond acceptors (Lipinski definition) is 3. The minimum atomic E-state index is 0.0211. The first kappa shape index (κ1) is 19.3. The lowest BCUT2D eigenvalue weighted by Crippen LogP contribution is -2.16. The summed E-state index contributed by atoms with van der Waals surface area (Å²) in [5, 5.41) is 0. The van der Waals surface area contributed by atoms with Gasteiger partial charge in [0.2, 0.25) is 0 Å². The van der Waals surface area contributed by atoms with E-state index in [2.05, 4.69) is 51.2 Å². The molecule has 128 valence electrons. The molecule has 0 saturated carbocycles. The van der Waals surface area contributed by atoms with Crippen molar-refractivity contribution in [3.8, 4) is 5.75 Å². The van der Waals surface area contributed by atoms with Gasteiger partial charge in [-0.05, 0) is 49.6 Å². The molecular formula is C20H31NO2. The molecule has 0 bridgehead atoms. The standard InChI is InChI=1S/C20H31NO2/c1-15(2)20(22)14-23-19-11-9-18(10-12-19)17(4)8-7-16(3)13-21(5)6/h9-13,15,17H,7-8,14H2,1-6H3. The Bertz CT molecular complexity index is 515. The van der Waals surface area contributed by atoms with E-state index >= 15 is 0 Å². The molecule has 0 aliphatic carbocycles. The second kappa shape index (κ2) is 9.39. The molecule has 1 aromatic rings. The maximum atomic E-state index is 11.6. The maximum Gasteiger partial charge on any atom is 0.172 e. The van der Waals surface area contributed by atoms with Crippen molar-refractivity contribution in [2.24, 2.45) is 5.92 Å². The van der Waals surface area contributed by atoms with Gasteiger partial charge in [0, 0.05) is 20.0 Å². The summed E-state index contributed by atoms with van der Waals surface area (Å²) in [6.07, 6.45) is 4.40. The fourth-order valence-corrected chi connectivity index (χ4v) is 2.33. The minimum Gasteiger partial charge on any atom is -0.486 e. The van der Waals surface area contributed by atoms with Crippen molar-refractivity contribution in [2.45, 2.75) is 46.5 Å². The molecule has 1 unspecified atom stereocenters. The number of hydrogen-bond donors (Lipinski definition) is 0. The molecule has 0 amide bonds. The van der Waals surface area contributed by atoms with Gasteiger partial charge in [-0.1, -0.05) is 38.5 Å². The zero-order valence-corrected chi connectivity index (χ0v) is 15.4. The number of benzene rings is 1. The molecule has 1 atom stereocenters. The van der Waals surface area contributed by atoms with Gasteiger partial charge in [0.1, 0.15) is 12.4 Å². The lowest BCUT2D eigenvalue weighted by molar-refractivity contribution is -0.123. The van der Waals surface area contributed by atoms with Crippen molar-refractivity contribution in [2.75, 3.05) is 20.7 Å². The number of carbonyl (C=O) groups excluding carboxylic acids is 1. The van der Waals surface area contributed by atoms with E-state index < -0.39 is 0 Å². The van der Waals surface area contributed by atoms with E-state index in [-0.39, 0.29) is 18.3 Å². The Morgan fingerprint density at radius 1 is 1.17 bits per heavy atom. The van der Waals surface area contributed by atoms with Crippen LogP contribution in [0.1, 0.15) is 52.0 Å². The average Bonchev–Trinajstić information content (AvgIpc) is 2.50. The molecule has 0 aromatic heterocycles. The van der Waals surface area contributed by atoms with Crippen LogP contribution < -0.4 is 4.74 Å². The molecule has 0 saturated heterocycles. The van der Waals surface area contributed by atoms with Crippen LogP contribution >= 0.6 is 0 Å². The molecule has 0 aliphatic rings. The SMILES string of the molecule is CC(=CN(C)C)CCC(C)c1ccc(OCC(=O)C(C)C)cc1. The van der Waals surface area contributed by atoms with Crippen molar-refractivity contribution in [1.82, 2.24) is 4.90 Å². The number of carbonyl (C=O) groups is 1. The number of allylic oxidation sites excluding steroid dienone is 1. The van der Waals surface area contributed by atoms with Crippen molar-refractivity contribution < 1.29 is 9.53 Å². The van der Waals surface area contributed by atoms with E-state index in [9.17, 15) is 4.79 Å². The Labute approximate surface area is 141 Å². The lowest BCUT2D eigenvalue weighted by Gasteiger charge is -2.14. The van der Waals surface area contributed by atoms with Crippen LogP contribution in [-0.4, -0.2) is 31.4 Å². The molecule has 3 nitrogen and oxygen atoms in total. The minimum absolute atomic E-state index is 0.0211. The third-order valence-corrected chi connectivity index (χ3v) is 3.92. The Morgan fingerprint density at radius 3 is 2.30 bits per heavy atom. The Balaban J connectivity index is 2.50. The topological polar surface area (TPSA) is 29.5 Å². The molecule has 0 radical (unpaired) electrons. The summed E-state index contributed by atoms with van der Waals surface area (Å²) in [4.78, 5) is 13.7. The van der Waals surface area contributed by atoms with Gasteiger partial charge in [0.05, 0.1) is 0 Å². The molecule has 0 N–H and O–H groups in total. The Kier molecular flexibility index (Phi) is 7.87. The lowest BCUT2D eigenvalue weighted by atomic mass is 9.94. The highest BCUT2D eigenvalue weighted by atomic mass is 16.5. The van der Waals surface area contributed by atoms with E-state index in [1.807, 2.05) is 26.0 Å². The van der Waals surface area contributed by atoms with Crippen LogP contribution in [0.25, 0.3) is 0 Å². The normalized spacial score (nSPS) is 13.1. The average molecular weight is 317 g/mol. The van der Waals surface area contributed by atoms with Gasteiger partial charge in [-0.15, -0.1) is 0 Å². The first-order valence-electron chi connectivity index (χ1n) is 8.38.